The lowest BCUT2D eigenvalue weighted by Crippen LogP contribution is -2.01. The Labute approximate surface area is 90.5 Å². The molecule has 0 heteroatoms. The summed E-state index contributed by atoms with van der Waals surface area (Å²) in [6, 6.07) is 0. The van der Waals surface area contributed by atoms with Crippen molar-refractivity contribution in [1.82, 2.24) is 0 Å². The maximum absolute atomic E-state index is 3.34. The molecule has 0 aromatic carbocycles. The molecule has 2 unspecified atom stereocenters. The molecule has 0 aromatic heterocycles. The van der Waals surface area contributed by atoms with E-state index in [9.17, 15) is 0 Å². The van der Waals surface area contributed by atoms with Crippen LogP contribution in [0.1, 0.15) is 54.4 Å². The highest BCUT2D eigenvalue weighted by Crippen LogP contribution is 2.14. The first-order valence-electron chi connectivity index (χ1n) is 5.91. The Bertz CT molecular complexity index is 190. The van der Waals surface area contributed by atoms with Gasteiger partial charge in [-0.2, -0.15) is 0 Å². The average Bonchev–Trinajstić information content (AvgIpc) is 2.02. The van der Waals surface area contributed by atoms with E-state index >= 15 is 0 Å². The summed E-state index contributed by atoms with van der Waals surface area (Å²) in [5.41, 5.74) is 0. The first-order valence-corrected chi connectivity index (χ1v) is 5.91. The van der Waals surface area contributed by atoms with Gasteiger partial charge in [0.15, 0.2) is 0 Å². The summed E-state index contributed by atoms with van der Waals surface area (Å²) in [7, 11) is 0. The van der Waals surface area contributed by atoms with Crippen LogP contribution in [0.2, 0.25) is 0 Å². The molecule has 0 saturated heterocycles. The van der Waals surface area contributed by atoms with Gasteiger partial charge in [0.05, 0.1) is 0 Å². The lowest BCUT2D eigenvalue weighted by atomic mass is 9.95. The van der Waals surface area contributed by atoms with Gasteiger partial charge in [0.2, 0.25) is 0 Å². The van der Waals surface area contributed by atoms with Gasteiger partial charge in [-0.25, -0.2) is 0 Å². The zero-order valence-electron chi connectivity index (χ0n) is 10.7. The van der Waals surface area contributed by atoms with Crippen LogP contribution in [-0.2, 0) is 0 Å². The topological polar surface area (TPSA) is 0 Å². The van der Waals surface area contributed by atoms with Crippen LogP contribution < -0.4 is 0 Å². The van der Waals surface area contributed by atoms with E-state index in [2.05, 4.69) is 53.4 Å². The molecular weight excluding hydrogens is 168 g/mol. The Morgan fingerprint density at radius 2 is 1.50 bits per heavy atom. The van der Waals surface area contributed by atoms with Crippen LogP contribution in [-0.4, -0.2) is 0 Å². The second kappa shape index (κ2) is 6.93. The molecule has 0 aliphatic heterocycles. The van der Waals surface area contributed by atoms with E-state index in [4.69, 9.17) is 0 Å². The fourth-order valence-electron chi connectivity index (χ4n) is 1.45. The van der Waals surface area contributed by atoms with Crippen molar-refractivity contribution in [3.05, 3.63) is 0 Å². The van der Waals surface area contributed by atoms with Crippen molar-refractivity contribution in [2.24, 2.45) is 23.7 Å². The standard InChI is InChI=1S/C14H26/c1-11(2)10-13(5)8-7-9-14(6)12(3)4/h11-14H,8,10H2,1-6H3. The SMILES string of the molecule is CC(C)CC(C)CC#CC(C)C(C)C. The molecule has 0 saturated carbocycles. The monoisotopic (exact) mass is 194 g/mol. The number of rotatable bonds is 4. The molecule has 14 heavy (non-hydrogen) atoms. The van der Waals surface area contributed by atoms with Crippen molar-refractivity contribution < 1.29 is 0 Å². The Kier molecular flexibility index (Phi) is 6.71. The second-order valence-electron chi connectivity index (χ2n) is 5.29. The Morgan fingerprint density at radius 3 is 1.93 bits per heavy atom. The minimum atomic E-state index is 0.543. The maximum Gasteiger partial charge on any atom is 0.0197 e. The fraction of sp³-hybridized carbons (Fsp3) is 0.857. The third-order valence-corrected chi connectivity index (χ3v) is 2.65. The van der Waals surface area contributed by atoms with E-state index in [0.717, 1.165) is 18.3 Å². The van der Waals surface area contributed by atoms with Crippen molar-refractivity contribution in [2.75, 3.05) is 0 Å². The molecule has 0 rings (SSSR count). The summed E-state index contributed by atoms with van der Waals surface area (Å²) in [6.07, 6.45) is 2.36. The van der Waals surface area contributed by atoms with Crippen LogP contribution in [0.3, 0.4) is 0 Å². The minimum absolute atomic E-state index is 0.543. The lowest BCUT2D eigenvalue weighted by Gasteiger charge is -2.10. The van der Waals surface area contributed by atoms with Gasteiger partial charge in [-0.3, -0.25) is 0 Å². The van der Waals surface area contributed by atoms with Gasteiger partial charge in [0.25, 0.3) is 0 Å². The molecule has 0 spiro atoms. The molecule has 2 atom stereocenters. The molecule has 82 valence electrons. The molecule has 0 bridgehead atoms. The van der Waals surface area contributed by atoms with Crippen molar-refractivity contribution in [3.63, 3.8) is 0 Å². The fourth-order valence-corrected chi connectivity index (χ4v) is 1.45. The Balaban J connectivity index is 3.80. The number of hydrogen-bond acceptors (Lipinski definition) is 0. The Morgan fingerprint density at radius 1 is 0.929 bits per heavy atom. The predicted octanol–water partition coefficient (Wildman–Crippen LogP) is 4.35. The van der Waals surface area contributed by atoms with Gasteiger partial charge in [0.1, 0.15) is 0 Å². The quantitative estimate of drug-likeness (QED) is 0.583. The molecule has 0 heterocycles. The van der Waals surface area contributed by atoms with Crippen molar-refractivity contribution >= 4 is 0 Å². The highest BCUT2D eigenvalue weighted by molar-refractivity contribution is 5.03. The second-order valence-corrected chi connectivity index (χ2v) is 5.29. The summed E-state index contributed by atoms with van der Waals surface area (Å²) in [5, 5.41) is 0. The van der Waals surface area contributed by atoms with Crippen LogP contribution in [0, 0.1) is 35.5 Å². The summed E-state index contributed by atoms with van der Waals surface area (Å²) >= 11 is 0. The van der Waals surface area contributed by atoms with Crippen LogP contribution >= 0.6 is 0 Å². The summed E-state index contributed by atoms with van der Waals surface area (Å²) in [5.74, 6) is 9.44. The smallest absolute Gasteiger partial charge is 0.0197 e. The third kappa shape index (κ3) is 7.01. The molecular formula is C14H26. The molecule has 0 nitrogen and oxygen atoms in total. The van der Waals surface area contributed by atoms with Gasteiger partial charge in [0, 0.05) is 12.3 Å². The van der Waals surface area contributed by atoms with E-state index in [1.807, 2.05) is 0 Å². The maximum atomic E-state index is 3.34. The molecule has 0 aromatic rings. The van der Waals surface area contributed by atoms with Crippen molar-refractivity contribution in [3.8, 4) is 11.8 Å². The van der Waals surface area contributed by atoms with Gasteiger partial charge in [-0.05, 0) is 24.2 Å². The van der Waals surface area contributed by atoms with Gasteiger partial charge < -0.3 is 0 Å². The Hall–Kier alpha value is -0.440. The largest absolute Gasteiger partial charge is 0.103 e. The zero-order valence-corrected chi connectivity index (χ0v) is 10.7. The van der Waals surface area contributed by atoms with Gasteiger partial charge >= 0.3 is 0 Å². The van der Waals surface area contributed by atoms with E-state index < -0.39 is 0 Å². The highest BCUT2D eigenvalue weighted by Gasteiger charge is 2.04. The summed E-state index contributed by atoms with van der Waals surface area (Å²) < 4.78 is 0. The lowest BCUT2D eigenvalue weighted by molar-refractivity contribution is 0.446. The van der Waals surface area contributed by atoms with Crippen molar-refractivity contribution in [2.45, 2.75) is 54.4 Å². The van der Waals surface area contributed by atoms with Crippen molar-refractivity contribution in [1.29, 1.82) is 0 Å². The van der Waals surface area contributed by atoms with E-state index in [1.54, 1.807) is 0 Å². The van der Waals surface area contributed by atoms with Crippen LogP contribution in [0.15, 0.2) is 0 Å². The average molecular weight is 194 g/mol. The molecule has 0 fully saturated rings. The highest BCUT2D eigenvalue weighted by atomic mass is 14.1. The first-order chi connectivity index (χ1) is 6.43. The molecule has 0 amide bonds. The molecule has 0 aliphatic carbocycles. The number of hydrogen-bond donors (Lipinski definition) is 0. The third-order valence-electron chi connectivity index (χ3n) is 2.65. The van der Waals surface area contributed by atoms with Gasteiger partial charge in [-0.1, -0.05) is 47.5 Å². The first kappa shape index (κ1) is 13.6. The molecule has 0 radical (unpaired) electrons. The summed E-state index contributed by atoms with van der Waals surface area (Å²) in [4.78, 5) is 0. The zero-order chi connectivity index (χ0) is 11.1. The predicted molar refractivity (Wildman–Crippen MR) is 65.0 cm³/mol. The minimum Gasteiger partial charge on any atom is -0.103 e. The normalized spacial score (nSPS) is 15.1. The van der Waals surface area contributed by atoms with Crippen LogP contribution in [0.4, 0.5) is 0 Å². The van der Waals surface area contributed by atoms with E-state index in [-0.39, 0.29) is 0 Å². The summed E-state index contributed by atoms with van der Waals surface area (Å²) in [6.45, 7) is 13.5. The van der Waals surface area contributed by atoms with Crippen LogP contribution in [0.5, 0.6) is 0 Å². The van der Waals surface area contributed by atoms with E-state index in [0.29, 0.717) is 11.8 Å². The van der Waals surface area contributed by atoms with Gasteiger partial charge in [-0.15, -0.1) is 5.92 Å². The van der Waals surface area contributed by atoms with E-state index in [1.165, 1.54) is 6.42 Å². The molecule has 0 N–H and O–H groups in total. The molecule has 0 aliphatic rings. The van der Waals surface area contributed by atoms with Crippen LogP contribution in [0.25, 0.3) is 0 Å².